The van der Waals surface area contributed by atoms with Crippen molar-refractivity contribution in [1.29, 1.82) is 0 Å². The van der Waals surface area contributed by atoms with E-state index < -0.39 is 0 Å². The fraction of sp³-hybridized carbons (Fsp3) is 0.0750. The van der Waals surface area contributed by atoms with Crippen molar-refractivity contribution in [1.82, 2.24) is 14.1 Å². The quantitative estimate of drug-likeness (QED) is 0.214. The molecule has 0 spiro atoms. The van der Waals surface area contributed by atoms with Gasteiger partial charge in [0.05, 0.1) is 22.2 Å². The lowest BCUT2D eigenvalue weighted by Crippen LogP contribution is -2.15. The second kappa shape index (κ2) is 8.80. The molecule has 0 saturated heterocycles. The van der Waals surface area contributed by atoms with Crippen molar-refractivity contribution in [3.63, 3.8) is 0 Å². The molecule has 0 saturated carbocycles. The lowest BCUT2D eigenvalue weighted by molar-refractivity contribution is 0.666. The predicted molar refractivity (Wildman–Crippen MR) is 178 cm³/mol. The molecule has 3 heterocycles. The van der Waals surface area contributed by atoms with Crippen molar-refractivity contribution < 1.29 is 0 Å². The number of fused-ring (bicyclic) bond motifs is 9. The van der Waals surface area contributed by atoms with Crippen LogP contribution in [-0.2, 0) is 5.41 Å². The number of rotatable bonds is 3. The maximum atomic E-state index is 5.10. The normalized spacial score (nSPS) is 13.5. The van der Waals surface area contributed by atoms with Crippen LogP contribution in [0.2, 0.25) is 0 Å². The summed E-state index contributed by atoms with van der Waals surface area (Å²) in [6, 6.07) is 47.9. The van der Waals surface area contributed by atoms with E-state index in [2.05, 4.69) is 156 Å². The number of nitrogens with zero attached hydrogens (tertiary/aromatic N) is 3. The summed E-state index contributed by atoms with van der Waals surface area (Å²) in [5.74, 6) is 0.924. The van der Waals surface area contributed by atoms with Gasteiger partial charge in [0.25, 0.3) is 0 Å². The van der Waals surface area contributed by atoms with E-state index in [0.29, 0.717) is 0 Å². The molecule has 3 nitrogen and oxygen atoms in total. The Balaban J connectivity index is 1.44. The first-order chi connectivity index (χ1) is 21.1. The average molecular weight is 552 g/mol. The topological polar surface area (TPSA) is 22.8 Å². The molecule has 0 bridgehead atoms. The molecule has 204 valence electrons. The molecule has 5 aromatic carbocycles. The number of aromatic nitrogens is 3. The number of para-hydroxylation sites is 2. The number of hydrogen-bond donors (Lipinski definition) is 0. The Kier molecular flexibility index (Phi) is 4.95. The van der Waals surface area contributed by atoms with Crippen molar-refractivity contribution in [3.05, 3.63) is 151 Å². The summed E-state index contributed by atoms with van der Waals surface area (Å²) in [4.78, 5) is 5.10. The molecule has 1 aliphatic rings. The van der Waals surface area contributed by atoms with Crippen molar-refractivity contribution in [2.45, 2.75) is 19.3 Å². The SMILES string of the molecule is CC1(C)c2ccccc2-c2c1c1c(ccc3c4ccccc4n(-c4ccc(-c5ccccc5)cn4)c31)n2-c1ccccc1. The molecule has 0 amide bonds. The third kappa shape index (κ3) is 3.28. The van der Waals surface area contributed by atoms with Crippen LogP contribution in [0.3, 0.4) is 0 Å². The van der Waals surface area contributed by atoms with Crippen LogP contribution >= 0.6 is 0 Å². The summed E-state index contributed by atoms with van der Waals surface area (Å²) in [7, 11) is 0. The molecule has 0 aliphatic heterocycles. The van der Waals surface area contributed by atoms with Gasteiger partial charge in [-0.3, -0.25) is 4.57 Å². The van der Waals surface area contributed by atoms with Gasteiger partial charge in [-0.1, -0.05) is 111 Å². The van der Waals surface area contributed by atoms with Crippen molar-refractivity contribution in [2.24, 2.45) is 0 Å². The highest BCUT2D eigenvalue weighted by Gasteiger charge is 2.41. The smallest absolute Gasteiger partial charge is 0.137 e. The highest BCUT2D eigenvalue weighted by molar-refractivity contribution is 6.21. The minimum Gasteiger partial charge on any atom is -0.309 e. The Bertz CT molecular complexity index is 2340. The van der Waals surface area contributed by atoms with Gasteiger partial charge >= 0.3 is 0 Å². The molecule has 3 aromatic heterocycles. The summed E-state index contributed by atoms with van der Waals surface area (Å²) in [5.41, 5.74) is 12.2. The molecule has 1 aliphatic carbocycles. The van der Waals surface area contributed by atoms with Gasteiger partial charge in [-0.25, -0.2) is 4.98 Å². The van der Waals surface area contributed by atoms with Crippen LogP contribution in [0.1, 0.15) is 25.0 Å². The first kappa shape index (κ1) is 24.2. The fourth-order valence-corrected chi connectivity index (χ4v) is 7.47. The van der Waals surface area contributed by atoms with Gasteiger partial charge in [0, 0.05) is 44.6 Å². The van der Waals surface area contributed by atoms with Gasteiger partial charge < -0.3 is 4.57 Å². The minimum atomic E-state index is -0.176. The Labute approximate surface area is 250 Å². The van der Waals surface area contributed by atoms with Gasteiger partial charge in [0.2, 0.25) is 0 Å². The standard InChI is InChI=1S/C40H29N3/c1-40(2)32-19-11-9-18-31(32)39-37(40)36-34(42(39)28-15-7-4-8-16-28)23-22-30-29-17-10-12-20-33(29)43(38(30)36)35-24-21-27(25-41-35)26-13-5-3-6-14-26/h3-25H,1-2H3. The first-order valence-corrected chi connectivity index (χ1v) is 14.9. The Morgan fingerprint density at radius 2 is 1.28 bits per heavy atom. The minimum absolute atomic E-state index is 0.176. The summed E-state index contributed by atoms with van der Waals surface area (Å²) in [5, 5.41) is 3.78. The van der Waals surface area contributed by atoms with Crippen LogP contribution in [-0.4, -0.2) is 14.1 Å². The lowest BCUT2D eigenvalue weighted by atomic mass is 9.81. The van der Waals surface area contributed by atoms with E-state index in [4.69, 9.17) is 4.98 Å². The van der Waals surface area contributed by atoms with Crippen molar-refractivity contribution in [2.75, 3.05) is 0 Å². The third-order valence-electron chi connectivity index (χ3n) is 9.34. The highest BCUT2D eigenvalue weighted by Crippen LogP contribution is 2.55. The van der Waals surface area contributed by atoms with E-state index in [1.54, 1.807) is 0 Å². The van der Waals surface area contributed by atoms with E-state index in [9.17, 15) is 0 Å². The molecule has 0 N–H and O–H groups in total. The van der Waals surface area contributed by atoms with Crippen molar-refractivity contribution >= 4 is 32.7 Å². The Hall–Kier alpha value is -5.41. The van der Waals surface area contributed by atoms with E-state index in [1.165, 1.54) is 66.3 Å². The average Bonchev–Trinajstić information content (AvgIpc) is 3.67. The van der Waals surface area contributed by atoms with Crippen LogP contribution in [0.4, 0.5) is 0 Å². The number of pyridine rings is 1. The molecule has 3 heteroatoms. The van der Waals surface area contributed by atoms with Crippen LogP contribution in [0.5, 0.6) is 0 Å². The second-order valence-corrected chi connectivity index (χ2v) is 12.0. The van der Waals surface area contributed by atoms with Gasteiger partial charge in [-0.15, -0.1) is 0 Å². The van der Waals surface area contributed by atoms with Gasteiger partial charge in [-0.2, -0.15) is 0 Å². The van der Waals surface area contributed by atoms with E-state index in [-0.39, 0.29) is 5.41 Å². The maximum absolute atomic E-state index is 5.10. The fourth-order valence-electron chi connectivity index (χ4n) is 7.47. The molecular formula is C40H29N3. The number of benzene rings is 5. The molecule has 0 fully saturated rings. The third-order valence-corrected chi connectivity index (χ3v) is 9.34. The summed E-state index contributed by atoms with van der Waals surface area (Å²) >= 11 is 0. The predicted octanol–water partition coefficient (Wildman–Crippen LogP) is 10.1. The monoisotopic (exact) mass is 551 g/mol. The van der Waals surface area contributed by atoms with Crippen LogP contribution < -0.4 is 0 Å². The molecule has 8 aromatic rings. The van der Waals surface area contributed by atoms with E-state index >= 15 is 0 Å². The van der Waals surface area contributed by atoms with Gasteiger partial charge in [-0.05, 0) is 53.1 Å². The summed E-state index contributed by atoms with van der Waals surface area (Å²) in [6.07, 6.45) is 2.00. The zero-order valence-corrected chi connectivity index (χ0v) is 24.1. The highest BCUT2D eigenvalue weighted by atomic mass is 15.1. The zero-order chi connectivity index (χ0) is 28.7. The molecular weight excluding hydrogens is 522 g/mol. The summed E-state index contributed by atoms with van der Waals surface area (Å²) < 4.78 is 4.86. The van der Waals surface area contributed by atoms with Gasteiger partial charge in [0.1, 0.15) is 5.82 Å². The molecule has 0 atom stereocenters. The van der Waals surface area contributed by atoms with E-state index in [0.717, 1.165) is 11.4 Å². The Morgan fingerprint density at radius 3 is 2.07 bits per heavy atom. The molecule has 9 rings (SSSR count). The zero-order valence-electron chi connectivity index (χ0n) is 24.1. The van der Waals surface area contributed by atoms with Crippen molar-refractivity contribution in [3.8, 4) is 33.9 Å². The van der Waals surface area contributed by atoms with Crippen LogP contribution in [0.25, 0.3) is 66.6 Å². The van der Waals surface area contributed by atoms with E-state index in [1.807, 2.05) is 6.20 Å². The largest absolute Gasteiger partial charge is 0.309 e. The van der Waals surface area contributed by atoms with Gasteiger partial charge in [0.15, 0.2) is 0 Å². The molecule has 43 heavy (non-hydrogen) atoms. The van der Waals surface area contributed by atoms with Crippen LogP contribution in [0.15, 0.2) is 140 Å². The summed E-state index contributed by atoms with van der Waals surface area (Å²) in [6.45, 7) is 4.76. The number of hydrogen-bond acceptors (Lipinski definition) is 1. The lowest BCUT2D eigenvalue weighted by Gasteiger charge is -2.22. The molecule has 0 unspecified atom stereocenters. The maximum Gasteiger partial charge on any atom is 0.137 e. The Morgan fingerprint density at radius 1 is 0.558 bits per heavy atom. The first-order valence-electron chi connectivity index (χ1n) is 14.9. The van der Waals surface area contributed by atoms with Crippen LogP contribution in [0, 0.1) is 0 Å². The second-order valence-electron chi connectivity index (χ2n) is 12.0. The molecule has 0 radical (unpaired) electrons.